The second-order valence-corrected chi connectivity index (χ2v) is 7.34. The number of nitrogens with one attached hydrogen (secondary N) is 1. The van der Waals surface area contributed by atoms with Crippen LogP contribution in [0.2, 0.25) is 0 Å². The number of hydrogen-bond acceptors (Lipinski definition) is 4. The maximum atomic E-state index is 9.77. The average molecular weight is 319 g/mol. The van der Waals surface area contributed by atoms with Crippen molar-refractivity contribution in [1.29, 1.82) is 0 Å². The molecule has 0 atom stereocenters. The van der Waals surface area contributed by atoms with Gasteiger partial charge in [-0.05, 0) is 17.3 Å². The van der Waals surface area contributed by atoms with E-state index in [0.717, 1.165) is 0 Å². The molecule has 5 heteroatoms. The van der Waals surface area contributed by atoms with E-state index in [2.05, 4.69) is 46.9 Å². The molecule has 0 saturated carbocycles. The Morgan fingerprint density at radius 2 is 1.55 bits per heavy atom. The fourth-order valence-corrected chi connectivity index (χ4v) is 2.16. The molecule has 0 aliphatic carbocycles. The molecule has 0 unspecified atom stereocenters. The minimum Gasteiger partial charge on any atom is -0.378 e. The molecule has 0 saturated heterocycles. The molecule has 0 aromatic heterocycles. The quantitative estimate of drug-likeness (QED) is 0.453. The fourth-order valence-electron chi connectivity index (χ4n) is 2.16. The van der Waals surface area contributed by atoms with Gasteiger partial charge in [0.15, 0.2) is 0 Å². The molecule has 0 bridgehead atoms. The van der Waals surface area contributed by atoms with Gasteiger partial charge in [0.2, 0.25) is 6.41 Å². The van der Waals surface area contributed by atoms with Gasteiger partial charge in [-0.1, -0.05) is 48.0 Å². The van der Waals surface area contributed by atoms with Crippen molar-refractivity contribution < 1.29 is 14.3 Å². The lowest BCUT2D eigenvalue weighted by Gasteiger charge is -2.31. The number of amides is 1. The van der Waals surface area contributed by atoms with Crippen LogP contribution in [0.1, 0.15) is 54.4 Å². The molecule has 3 N–H and O–H groups in total. The Kier molecular flexibility index (Phi) is 15.0. The first-order chi connectivity index (χ1) is 10.2. The zero-order valence-corrected chi connectivity index (χ0v) is 15.5. The molecule has 0 spiro atoms. The van der Waals surface area contributed by atoms with Gasteiger partial charge in [0.1, 0.15) is 0 Å². The summed E-state index contributed by atoms with van der Waals surface area (Å²) in [5, 5.41) is 2.48. The molecule has 0 aliphatic rings. The third-order valence-electron chi connectivity index (χ3n) is 3.07. The predicted octanol–water partition coefficient (Wildman–Crippen LogP) is 2.58. The topological polar surface area (TPSA) is 73.6 Å². The zero-order valence-electron chi connectivity index (χ0n) is 15.5. The van der Waals surface area contributed by atoms with Gasteiger partial charge in [0, 0.05) is 13.1 Å². The van der Waals surface area contributed by atoms with Gasteiger partial charge in [-0.2, -0.15) is 0 Å². The summed E-state index contributed by atoms with van der Waals surface area (Å²) in [4.78, 5) is 9.77. The summed E-state index contributed by atoms with van der Waals surface area (Å²) in [5.41, 5.74) is 6.21. The van der Waals surface area contributed by atoms with Crippen LogP contribution in [0, 0.1) is 10.8 Å². The first-order valence-electron chi connectivity index (χ1n) is 8.21. The van der Waals surface area contributed by atoms with Crippen molar-refractivity contribution in [2.75, 3.05) is 39.5 Å². The number of rotatable bonds is 11. The summed E-state index contributed by atoms with van der Waals surface area (Å²) in [7, 11) is 0. The molecule has 0 rings (SSSR count). The van der Waals surface area contributed by atoms with E-state index in [-0.39, 0.29) is 0 Å². The Labute approximate surface area is 137 Å². The third-order valence-corrected chi connectivity index (χ3v) is 3.07. The average Bonchev–Trinajstić information content (AvgIpc) is 2.40. The van der Waals surface area contributed by atoms with E-state index in [9.17, 15) is 4.79 Å². The minimum atomic E-state index is 0.486. The molecule has 5 nitrogen and oxygen atoms in total. The van der Waals surface area contributed by atoms with Crippen molar-refractivity contribution in [2.45, 2.75) is 54.4 Å². The van der Waals surface area contributed by atoms with E-state index in [1.54, 1.807) is 0 Å². The number of nitrogens with two attached hydrogens (primary N) is 1. The smallest absolute Gasteiger partial charge is 0.207 e. The van der Waals surface area contributed by atoms with Crippen molar-refractivity contribution in [3.63, 3.8) is 0 Å². The number of carbonyl (C=O) groups excluding carboxylic acids is 1. The largest absolute Gasteiger partial charge is 0.378 e. The summed E-state index contributed by atoms with van der Waals surface area (Å²) < 4.78 is 10.1. The molecule has 1 amide bonds. The monoisotopic (exact) mass is 318 g/mol. The van der Waals surface area contributed by atoms with Crippen LogP contribution >= 0.6 is 0 Å². The highest BCUT2D eigenvalue weighted by Gasteiger charge is 2.23. The lowest BCUT2D eigenvalue weighted by atomic mass is 9.75. The van der Waals surface area contributed by atoms with E-state index >= 15 is 0 Å². The van der Waals surface area contributed by atoms with Crippen LogP contribution in [-0.4, -0.2) is 45.9 Å². The Morgan fingerprint density at radius 1 is 1.00 bits per heavy atom. The molecule has 0 heterocycles. The van der Waals surface area contributed by atoms with Crippen molar-refractivity contribution in [3.05, 3.63) is 0 Å². The Hall–Kier alpha value is -0.650. The van der Waals surface area contributed by atoms with Crippen LogP contribution in [0.15, 0.2) is 0 Å². The summed E-state index contributed by atoms with van der Waals surface area (Å²) in [6.07, 6.45) is 3.25. The van der Waals surface area contributed by atoms with Crippen LogP contribution in [0.4, 0.5) is 0 Å². The maximum Gasteiger partial charge on any atom is 0.207 e. The van der Waals surface area contributed by atoms with Crippen molar-refractivity contribution in [2.24, 2.45) is 16.6 Å². The highest BCUT2D eigenvalue weighted by atomic mass is 16.5. The molecule has 0 aromatic rings. The molecule has 134 valence electrons. The van der Waals surface area contributed by atoms with E-state index in [1.165, 1.54) is 12.8 Å². The number of carbonyl (C=O) groups is 1. The lowest BCUT2D eigenvalue weighted by Crippen LogP contribution is -2.19. The summed E-state index contributed by atoms with van der Waals surface area (Å²) in [6.45, 7) is 17.1. The maximum absolute atomic E-state index is 9.77. The van der Waals surface area contributed by atoms with Crippen molar-refractivity contribution in [3.8, 4) is 0 Å². The van der Waals surface area contributed by atoms with Crippen molar-refractivity contribution >= 4 is 6.41 Å². The third kappa shape index (κ3) is 21.6. The summed E-state index contributed by atoms with van der Waals surface area (Å²) in [6, 6.07) is 0. The number of ether oxygens (including phenoxy) is 2. The van der Waals surface area contributed by atoms with E-state index in [1.807, 2.05) is 0 Å². The van der Waals surface area contributed by atoms with Gasteiger partial charge in [0.25, 0.3) is 0 Å². The normalized spacial score (nSPS) is 11.6. The number of hydrogen-bond donors (Lipinski definition) is 2. The van der Waals surface area contributed by atoms with Gasteiger partial charge in [0.05, 0.1) is 26.4 Å². The molecule has 0 aliphatic heterocycles. The highest BCUT2D eigenvalue weighted by molar-refractivity contribution is 5.45. The van der Waals surface area contributed by atoms with Gasteiger partial charge in [-0.3, -0.25) is 4.79 Å². The molecular weight excluding hydrogens is 280 g/mol. The Morgan fingerprint density at radius 3 is 1.91 bits per heavy atom. The van der Waals surface area contributed by atoms with Crippen LogP contribution in [0.3, 0.4) is 0 Å². The van der Waals surface area contributed by atoms with Crippen LogP contribution in [-0.2, 0) is 14.3 Å². The second-order valence-electron chi connectivity index (χ2n) is 7.34. The predicted molar refractivity (Wildman–Crippen MR) is 92.9 cm³/mol. The zero-order chi connectivity index (χ0) is 17.5. The van der Waals surface area contributed by atoms with E-state index < -0.39 is 0 Å². The van der Waals surface area contributed by atoms with Crippen LogP contribution in [0.25, 0.3) is 0 Å². The molecule has 0 aromatic carbocycles. The van der Waals surface area contributed by atoms with Gasteiger partial charge >= 0.3 is 0 Å². The van der Waals surface area contributed by atoms with Gasteiger partial charge in [-0.25, -0.2) is 0 Å². The first kappa shape index (κ1) is 23.6. The molecule has 22 heavy (non-hydrogen) atoms. The standard InChI is InChI=1S/C10H22.C7H16N2O3/c1-7-10(5,6)8-9(2,3)4;8-1-3-11-5-6-12-4-2-9-7-10/h7-8H2,1-6H3;7H,1-6,8H2,(H,9,10). The summed E-state index contributed by atoms with van der Waals surface area (Å²) >= 11 is 0. The first-order valence-corrected chi connectivity index (χ1v) is 8.21. The van der Waals surface area contributed by atoms with Gasteiger partial charge < -0.3 is 20.5 Å². The fraction of sp³-hybridized carbons (Fsp3) is 0.941. The molecule has 0 radical (unpaired) electrons. The van der Waals surface area contributed by atoms with E-state index in [0.29, 0.717) is 56.8 Å². The van der Waals surface area contributed by atoms with E-state index in [4.69, 9.17) is 15.2 Å². The molecular formula is C17H38N2O3. The highest BCUT2D eigenvalue weighted by Crippen LogP contribution is 2.35. The Balaban J connectivity index is 0. The Bertz CT molecular complexity index is 251. The minimum absolute atomic E-state index is 0.486. The lowest BCUT2D eigenvalue weighted by molar-refractivity contribution is -0.109. The SMILES string of the molecule is CCC(C)(C)CC(C)(C)C.NCCOCCOCCNC=O. The van der Waals surface area contributed by atoms with Crippen LogP contribution in [0.5, 0.6) is 0 Å². The van der Waals surface area contributed by atoms with Gasteiger partial charge in [-0.15, -0.1) is 0 Å². The van der Waals surface area contributed by atoms with Crippen molar-refractivity contribution in [1.82, 2.24) is 5.32 Å². The second kappa shape index (κ2) is 14.0. The molecule has 0 fully saturated rings. The van der Waals surface area contributed by atoms with Crippen LogP contribution < -0.4 is 11.1 Å². The summed E-state index contributed by atoms with van der Waals surface area (Å²) in [5.74, 6) is 0.